The van der Waals surface area contributed by atoms with Gasteiger partial charge in [-0.05, 0) is 57.3 Å². The van der Waals surface area contributed by atoms with Crippen molar-refractivity contribution in [3.63, 3.8) is 0 Å². The number of phenolic OH excluding ortho intramolecular Hbond substituents is 2. The molecule has 5 heteroatoms. The SMILES string of the molecule is CC(C)(C)c1cc(CSc2ccccc2SCc2cc(C(C)(C)C)cc(-c3ccccc3)c2O)c(O)c(-c2ccccc2)c1.[CH2-]c1ccccc1.[CH2-]c1ccccc1.[Zr+2]. The summed E-state index contributed by atoms with van der Waals surface area (Å²) >= 11 is 3.48. The van der Waals surface area contributed by atoms with E-state index in [1.165, 1.54) is 11.1 Å². The molecular formula is C54H56O2S2Zr. The van der Waals surface area contributed by atoms with Crippen LogP contribution in [0, 0.1) is 13.8 Å². The Hall–Kier alpha value is -4.54. The second-order valence-electron chi connectivity index (χ2n) is 16.3. The summed E-state index contributed by atoms with van der Waals surface area (Å²) in [6.45, 7) is 20.7. The van der Waals surface area contributed by atoms with Gasteiger partial charge in [0.2, 0.25) is 0 Å². The van der Waals surface area contributed by atoms with E-state index < -0.39 is 0 Å². The first-order valence-corrected chi connectivity index (χ1v) is 21.6. The van der Waals surface area contributed by atoms with Gasteiger partial charge in [0.05, 0.1) is 0 Å². The average molecular weight is 892 g/mol. The molecule has 0 saturated heterocycles. The Balaban J connectivity index is 0.000000430. The maximum Gasteiger partial charge on any atom is 2.00 e. The van der Waals surface area contributed by atoms with E-state index in [1.54, 1.807) is 23.5 Å². The molecular weight excluding hydrogens is 836 g/mol. The van der Waals surface area contributed by atoms with Crippen molar-refractivity contribution in [2.24, 2.45) is 0 Å². The first kappa shape index (κ1) is 47.1. The predicted molar refractivity (Wildman–Crippen MR) is 252 cm³/mol. The second-order valence-corrected chi connectivity index (χ2v) is 18.3. The van der Waals surface area contributed by atoms with Crippen LogP contribution in [0.3, 0.4) is 0 Å². The van der Waals surface area contributed by atoms with Crippen LogP contribution in [0.15, 0.2) is 180 Å². The summed E-state index contributed by atoms with van der Waals surface area (Å²) in [7, 11) is 0. The van der Waals surface area contributed by atoms with Crippen molar-refractivity contribution < 1.29 is 36.4 Å². The molecule has 0 spiro atoms. The molecule has 59 heavy (non-hydrogen) atoms. The third-order valence-electron chi connectivity index (χ3n) is 9.58. The first-order valence-electron chi connectivity index (χ1n) is 19.6. The number of aromatic hydroxyl groups is 2. The summed E-state index contributed by atoms with van der Waals surface area (Å²) in [5, 5.41) is 22.9. The molecule has 0 bridgehead atoms. The van der Waals surface area contributed by atoms with E-state index in [4.69, 9.17) is 0 Å². The third kappa shape index (κ3) is 14.0. The van der Waals surface area contributed by atoms with Gasteiger partial charge in [0.1, 0.15) is 11.5 Å². The zero-order chi connectivity index (χ0) is 41.7. The molecule has 0 amide bonds. The van der Waals surface area contributed by atoms with Crippen molar-refractivity contribution in [1.82, 2.24) is 0 Å². The average Bonchev–Trinajstić information content (AvgIpc) is 3.21. The van der Waals surface area contributed by atoms with Gasteiger partial charge in [-0.15, -0.1) is 47.8 Å². The molecule has 0 fully saturated rings. The molecule has 0 aliphatic rings. The number of rotatable bonds is 8. The van der Waals surface area contributed by atoms with Crippen molar-refractivity contribution >= 4 is 23.5 Å². The standard InChI is InChI=1S/C40H42O2S2.2C7H7.Zr/c1-39(2,3)31-21-29(37(41)33(23-31)27-15-9-7-10-16-27)25-43-35-19-13-14-20-36(35)44-26-30-22-32(40(4,5)6)24-34(38(30)42)28-17-11-8-12-18-28;2*1-7-5-3-2-4-6-7;/h7-24,41-42H,25-26H2,1-6H3;2*2-6H,1H2;/q;2*-1;+2. The van der Waals surface area contributed by atoms with Gasteiger partial charge in [-0.1, -0.05) is 139 Å². The van der Waals surface area contributed by atoms with Gasteiger partial charge in [-0.3, -0.25) is 0 Å². The van der Waals surface area contributed by atoms with Crippen LogP contribution in [-0.4, -0.2) is 10.2 Å². The Morgan fingerprint density at radius 3 is 0.983 bits per heavy atom. The quantitative estimate of drug-likeness (QED) is 0.118. The van der Waals surface area contributed by atoms with Gasteiger partial charge < -0.3 is 10.2 Å². The molecule has 0 heterocycles. The smallest absolute Gasteiger partial charge is 0.507 e. The van der Waals surface area contributed by atoms with Crippen LogP contribution in [-0.2, 0) is 48.5 Å². The molecule has 0 unspecified atom stereocenters. The van der Waals surface area contributed by atoms with E-state index >= 15 is 0 Å². The number of hydrogen-bond donors (Lipinski definition) is 2. The summed E-state index contributed by atoms with van der Waals surface area (Å²) in [6.07, 6.45) is 0. The maximum atomic E-state index is 11.4. The van der Waals surface area contributed by atoms with Crippen molar-refractivity contribution in [2.75, 3.05) is 0 Å². The number of benzene rings is 7. The molecule has 2 N–H and O–H groups in total. The van der Waals surface area contributed by atoms with E-state index in [9.17, 15) is 10.2 Å². The molecule has 7 aromatic rings. The molecule has 0 aromatic heterocycles. The van der Waals surface area contributed by atoms with Crippen LogP contribution in [0.5, 0.6) is 11.5 Å². The number of thioether (sulfide) groups is 2. The van der Waals surface area contributed by atoms with Crippen LogP contribution in [0.4, 0.5) is 0 Å². The topological polar surface area (TPSA) is 40.5 Å². The van der Waals surface area contributed by atoms with Crippen LogP contribution in [0.1, 0.15) is 74.9 Å². The van der Waals surface area contributed by atoms with E-state index in [1.807, 2.05) is 97.1 Å². The number of hydrogen-bond acceptors (Lipinski definition) is 4. The normalized spacial score (nSPS) is 10.9. The van der Waals surface area contributed by atoms with E-state index in [0.717, 1.165) is 54.3 Å². The summed E-state index contributed by atoms with van der Waals surface area (Å²) < 4.78 is 0. The van der Waals surface area contributed by atoms with Crippen LogP contribution in [0.25, 0.3) is 22.3 Å². The number of phenols is 2. The van der Waals surface area contributed by atoms with Gasteiger partial charge in [-0.2, -0.15) is 49.2 Å². The van der Waals surface area contributed by atoms with Gasteiger partial charge in [0.25, 0.3) is 0 Å². The fraction of sp³-hybridized carbons (Fsp3) is 0.185. The summed E-state index contributed by atoms with van der Waals surface area (Å²) in [5.41, 5.74) is 10.1. The van der Waals surface area contributed by atoms with Crippen LogP contribution < -0.4 is 0 Å². The summed E-state index contributed by atoms with van der Waals surface area (Å²) in [6, 6.07) is 57.0. The zero-order valence-corrected chi connectivity index (χ0v) is 39.3. The van der Waals surface area contributed by atoms with Crippen LogP contribution in [0.2, 0.25) is 0 Å². The van der Waals surface area contributed by atoms with E-state index in [2.05, 4.69) is 128 Å². The largest absolute Gasteiger partial charge is 2.00 e. The zero-order valence-electron chi connectivity index (χ0n) is 35.2. The Kier molecular flexibility index (Phi) is 17.7. The molecule has 0 aliphatic carbocycles. The second kappa shape index (κ2) is 22.2. The molecule has 7 aromatic carbocycles. The summed E-state index contributed by atoms with van der Waals surface area (Å²) in [5.74, 6) is 1.99. The van der Waals surface area contributed by atoms with Gasteiger partial charge >= 0.3 is 26.2 Å². The molecule has 0 aliphatic heterocycles. The Morgan fingerprint density at radius 1 is 0.424 bits per heavy atom. The molecule has 0 saturated carbocycles. The van der Waals surface area contributed by atoms with Crippen LogP contribution >= 0.6 is 23.5 Å². The minimum Gasteiger partial charge on any atom is -0.507 e. The Bertz CT molecular complexity index is 2160. The molecule has 0 radical (unpaired) electrons. The van der Waals surface area contributed by atoms with Crippen molar-refractivity contribution in [3.8, 4) is 33.8 Å². The van der Waals surface area contributed by atoms with Crippen molar-refractivity contribution in [2.45, 2.75) is 73.7 Å². The molecule has 7 rings (SSSR count). The van der Waals surface area contributed by atoms with E-state index in [0.29, 0.717) is 23.0 Å². The van der Waals surface area contributed by atoms with Crippen molar-refractivity contribution in [1.29, 1.82) is 0 Å². The summed E-state index contributed by atoms with van der Waals surface area (Å²) in [4.78, 5) is 2.32. The van der Waals surface area contributed by atoms with Crippen molar-refractivity contribution in [3.05, 3.63) is 217 Å². The molecule has 0 atom stereocenters. The molecule has 2 nitrogen and oxygen atoms in total. The van der Waals surface area contributed by atoms with E-state index in [-0.39, 0.29) is 37.0 Å². The first-order chi connectivity index (χ1) is 27.7. The Morgan fingerprint density at radius 2 is 0.712 bits per heavy atom. The van der Waals surface area contributed by atoms with Gasteiger partial charge in [0, 0.05) is 43.6 Å². The fourth-order valence-corrected chi connectivity index (χ4v) is 8.29. The molecule has 300 valence electrons. The Labute approximate surface area is 381 Å². The minimum atomic E-state index is -0.0490. The maximum absolute atomic E-state index is 11.4. The van der Waals surface area contributed by atoms with Gasteiger partial charge in [0.15, 0.2) is 0 Å². The van der Waals surface area contributed by atoms with Gasteiger partial charge in [-0.25, -0.2) is 0 Å². The minimum absolute atomic E-state index is 0. The predicted octanol–water partition coefficient (Wildman–Crippen LogP) is 15.3. The monoisotopic (exact) mass is 890 g/mol. The fourth-order valence-electron chi connectivity index (χ4n) is 6.11. The third-order valence-corrected chi connectivity index (χ3v) is 12.0.